The topological polar surface area (TPSA) is 64.2 Å². The van der Waals surface area contributed by atoms with E-state index in [1.54, 1.807) is 29.9 Å². The Hall–Kier alpha value is -2.41. The van der Waals surface area contributed by atoms with Crippen molar-refractivity contribution < 1.29 is 9.32 Å². The van der Waals surface area contributed by atoms with Crippen LogP contribution in [0.4, 0.5) is 0 Å². The molecule has 0 N–H and O–H groups in total. The van der Waals surface area contributed by atoms with E-state index in [1.165, 1.54) is 18.4 Å². The van der Waals surface area contributed by atoms with Crippen molar-refractivity contribution in [1.29, 1.82) is 0 Å². The number of hydrogen-bond acceptors (Lipinski definition) is 4. The fourth-order valence-electron chi connectivity index (χ4n) is 3.56. The van der Waals surface area contributed by atoms with Crippen molar-refractivity contribution in [1.82, 2.24) is 19.8 Å². The van der Waals surface area contributed by atoms with Crippen molar-refractivity contribution in [2.45, 2.75) is 31.7 Å². The number of benzene rings is 1. The van der Waals surface area contributed by atoms with E-state index in [9.17, 15) is 4.79 Å². The Morgan fingerprint density at radius 1 is 1.32 bits per heavy atom. The van der Waals surface area contributed by atoms with Crippen LogP contribution < -0.4 is 0 Å². The molecule has 0 aliphatic heterocycles. The fourth-order valence-corrected chi connectivity index (χ4v) is 3.83. The van der Waals surface area contributed by atoms with Crippen molar-refractivity contribution in [3.8, 4) is 11.3 Å². The van der Waals surface area contributed by atoms with Gasteiger partial charge in [0.2, 0.25) is 5.91 Å². The highest BCUT2D eigenvalue weighted by atomic mass is 79.9. The van der Waals surface area contributed by atoms with Gasteiger partial charge in [-0.3, -0.25) is 9.48 Å². The number of carbonyl (C=O) groups is 1. The van der Waals surface area contributed by atoms with Gasteiger partial charge in [-0.25, -0.2) is 0 Å². The molecule has 1 fully saturated rings. The highest BCUT2D eigenvalue weighted by Gasteiger charge is 2.46. The summed E-state index contributed by atoms with van der Waals surface area (Å²) < 4.78 is 8.36. The molecule has 2 heterocycles. The monoisotopic (exact) mass is 442 g/mol. The molecule has 146 valence electrons. The lowest BCUT2D eigenvalue weighted by Gasteiger charge is -2.28. The van der Waals surface area contributed by atoms with Gasteiger partial charge < -0.3 is 9.42 Å². The molecule has 1 atom stereocenters. The summed E-state index contributed by atoms with van der Waals surface area (Å²) in [5.41, 5.74) is 2.81. The molecule has 1 saturated carbocycles. The Morgan fingerprint density at radius 3 is 2.68 bits per heavy atom. The molecule has 28 heavy (non-hydrogen) atoms. The van der Waals surface area contributed by atoms with E-state index in [-0.39, 0.29) is 17.9 Å². The number of likely N-dealkylation sites (N-methyl/N-ethyl adjacent to an activating group) is 1. The lowest BCUT2D eigenvalue weighted by atomic mass is 9.75. The van der Waals surface area contributed by atoms with E-state index < -0.39 is 0 Å². The average Bonchev–Trinajstić information content (AvgIpc) is 3.23. The Bertz CT molecular complexity index is 988. The van der Waals surface area contributed by atoms with Crippen molar-refractivity contribution in [3.63, 3.8) is 0 Å². The summed E-state index contributed by atoms with van der Waals surface area (Å²) in [7, 11) is 3.46. The normalized spacial score (nSPS) is 16.0. The number of carbonyl (C=O) groups excluding carboxylic acids is 1. The lowest BCUT2D eigenvalue weighted by Crippen LogP contribution is -2.26. The maximum absolute atomic E-state index is 11.9. The minimum atomic E-state index is -0.181. The van der Waals surface area contributed by atoms with E-state index in [0.717, 1.165) is 15.7 Å². The van der Waals surface area contributed by atoms with Crippen LogP contribution in [0.5, 0.6) is 0 Å². The third kappa shape index (κ3) is 3.51. The van der Waals surface area contributed by atoms with Crippen LogP contribution in [-0.4, -0.2) is 39.8 Å². The molecular weight excluding hydrogens is 420 g/mol. The zero-order valence-corrected chi connectivity index (χ0v) is 17.8. The van der Waals surface area contributed by atoms with Gasteiger partial charge in [-0.1, -0.05) is 33.2 Å². The first-order valence-electron chi connectivity index (χ1n) is 9.34. The van der Waals surface area contributed by atoms with Gasteiger partial charge in [0, 0.05) is 36.2 Å². The number of amides is 1. The summed E-state index contributed by atoms with van der Waals surface area (Å²) in [6, 6.07) is 10.5. The summed E-state index contributed by atoms with van der Waals surface area (Å²) in [5, 5.41) is 8.70. The van der Waals surface area contributed by atoms with Gasteiger partial charge in [0.25, 0.3) is 0 Å². The first-order chi connectivity index (χ1) is 13.4. The smallest absolute Gasteiger partial charge is 0.243 e. The molecule has 1 aliphatic rings. The van der Waals surface area contributed by atoms with Gasteiger partial charge in [0.1, 0.15) is 6.54 Å². The second-order valence-electron chi connectivity index (χ2n) is 7.77. The van der Waals surface area contributed by atoms with E-state index >= 15 is 0 Å². The quantitative estimate of drug-likeness (QED) is 0.576. The molecule has 7 heteroatoms. The Morgan fingerprint density at radius 2 is 2.04 bits per heavy atom. The molecule has 1 amide bonds. The zero-order valence-electron chi connectivity index (χ0n) is 16.2. The number of aromatic nitrogens is 3. The summed E-state index contributed by atoms with van der Waals surface area (Å²) in [6.07, 6.45) is 5.92. The number of rotatable bonds is 6. The Balaban J connectivity index is 1.62. The Kier molecular flexibility index (Phi) is 4.87. The van der Waals surface area contributed by atoms with Crippen LogP contribution in [-0.2, 0) is 16.8 Å². The SMILES string of the molecule is CN(C)C(=O)Cn1cc(-c2cc(C(C)(c3ccc(Br)cc3)C3CC3)no2)cn1. The third-order valence-corrected chi connectivity index (χ3v) is 6.12. The van der Waals surface area contributed by atoms with Gasteiger partial charge in [-0.05, 0) is 43.4 Å². The van der Waals surface area contributed by atoms with Gasteiger partial charge >= 0.3 is 0 Å². The molecule has 1 aliphatic carbocycles. The van der Waals surface area contributed by atoms with Crippen molar-refractivity contribution in [2.75, 3.05) is 14.1 Å². The Labute approximate surface area is 172 Å². The average molecular weight is 443 g/mol. The first kappa shape index (κ1) is 18.9. The van der Waals surface area contributed by atoms with Crippen LogP contribution in [0.25, 0.3) is 11.3 Å². The molecule has 1 unspecified atom stereocenters. The number of halogens is 1. The minimum Gasteiger partial charge on any atom is -0.356 e. The maximum Gasteiger partial charge on any atom is 0.243 e. The van der Waals surface area contributed by atoms with E-state index in [1.807, 2.05) is 12.3 Å². The summed E-state index contributed by atoms with van der Waals surface area (Å²) in [4.78, 5) is 13.4. The standard InChI is InChI=1S/C21H23BrN4O2/c1-21(15-4-5-15,16-6-8-17(22)9-7-16)19-10-18(28-24-19)14-11-23-26(12-14)13-20(27)25(2)3/h6-12,15H,4-5,13H2,1-3H3. The second-order valence-corrected chi connectivity index (χ2v) is 8.69. The molecule has 1 aromatic carbocycles. The van der Waals surface area contributed by atoms with E-state index in [4.69, 9.17) is 4.52 Å². The third-order valence-electron chi connectivity index (χ3n) is 5.59. The number of nitrogens with zero attached hydrogens (tertiary/aromatic N) is 4. The predicted octanol–water partition coefficient (Wildman–Crippen LogP) is 4.10. The first-order valence-corrected chi connectivity index (χ1v) is 10.1. The van der Waals surface area contributed by atoms with Gasteiger partial charge in [-0.2, -0.15) is 5.10 Å². The molecule has 3 aromatic rings. The highest BCUT2D eigenvalue weighted by Crippen LogP contribution is 2.51. The van der Waals surface area contributed by atoms with E-state index in [2.05, 4.69) is 57.4 Å². The van der Waals surface area contributed by atoms with Gasteiger partial charge in [-0.15, -0.1) is 0 Å². The van der Waals surface area contributed by atoms with Crippen LogP contribution in [0.3, 0.4) is 0 Å². The summed E-state index contributed by atoms with van der Waals surface area (Å²) >= 11 is 3.51. The van der Waals surface area contributed by atoms with Crippen LogP contribution in [0, 0.1) is 5.92 Å². The second kappa shape index (κ2) is 7.20. The van der Waals surface area contributed by atoms with Gasteiger partial charge in [0.15, 0.2) is 5.76 Å². The summed E-state index contributed by atoms with van der Waals surface area (Å²) in [6.45, 7) is 2.45. The van der Waals surface area contributed by atoms with Crippen LogP contribution in [0.2, 0.25) is 0 Å². The van der Waals surface area contributed by atoms with Crippen molar-refractivity contribution in [3.05, 3.63) is 58.5 Å². The maximum atomic E-state index is 11.9. The lowest BCUT2D eigenvalue weighted by molar-refractivity contribution is -0.129. The molecule has 0 saturated heterocycles. The van der Waals surface area contributed by atoms with Gasteiger partial charge in [0.05, 0.1) is 17.5 Å². The molecule has 0 radical (unpaired) electrons. The fraction of sp³-hybridized carbons (Fsp3) is 0.381. The molecule has 2 aromatic heterocycles. The summed E-state index contributed by atoms with van der Waals surface area (Å²) in [5.74, 6) is 1.22. The van der Waals surface area contributed by atoms with Crippen LogP contribution in [0.1, 0.15) is 31.0 Å². The predicted molar refractivity (Wildman–Crippen MR) is 110 cm³/mol. The van der Waals surface area contributed by atoms with Crippen molar-refractivity contribution >= 4 is 21.8 Å². The van der Waals surface area contributed by atoms with Crippen molar-refractivity contribution in [2.24, 2.45) is 5.92 Å². The molecule has 0 spiro atoms. The largest absolute Gasteiger partial charge is 0.356 e. The van der Waals surface area contributed by atoms with Crippen LogP contribution >= 0.6 is 15.9 Å². The molecule has 6 nitrogen and oxygen atoms in total. The molecule has 0 bridgehead atoms. The molecular formula is C21H23BrN4O2. The molecule has 4 rings (SSSR count). The minimum absolute atomic E-state index is 0.00976. The zero-order chi connectivity index (χ0) is 19.9. The highest BCUT2D eigenvalue weighted by molar-refractivity contribution is 9.10. The van der Waals surface area contributed by atoms with E-state index in [0.29, 0.717) is 11.7 Å². The van der Waals surface area contributed by atoms with Crippen LogP contribution in [0.15, 0.2) is 51.7 Å². The number of hydrogen-bond donors (Lipinski definition) is 0.